The quantitative estimate of drug-likeness (QED) is 0.856. The van der Waals surface area contributed by atoms with Gasteiger partial charge in [-0.25, -0.2) is 4.98 Å². The summed E-state index contributed by atoms with van der Waals surface area (Å²) in [5.74, 6) is 0.347. The van der Waals surface area contributed by atoms with Gasteiger partial charge in [0.05, 0.1) is 17.7 Å². The van der Waals surface area contributed by atoms with Crippen molar-refractivity contribution in [1.29, 1.82) is 0 Å². The molecule has 138 valence electrons. The van der Waals surface area contributed by atoms with Crippen molar-refractivity contribution >= 4 is 28.8 Å². The van der Waals surface area contributed by atoms with Crippen LogP contribution in [0.3, 0.4) is 0 Å². The number of aliphatic hydroxyl groups is 1. The highest BCUT2D eigenvalue weighted by Gasteiger charge is 2.43. The summed E-state index contributed by atoms with van der Waals surface area (Å²) >= 11 is 7.48. The van der Waals surface area contributed by atoms with Crippen molar-refractivity contribution in [3.63, 3.8) is 0 Å². The van der Waals surface area contributed by atoms with E-state index < -0.39 is 5.60 Å². The van der Waals surface area contributed by atoms with Crippen molar-refractivity contribution in [2.24, 2.45) is 5.92 Å². The first-order valence-corrected chi connectivity index (χ1v) is 10.5. The summed E-state index contributed by atoms with van der Waals surface area (Å²) in [4.78, 5) is 19.3. The van der Waals surface area contributed by atoms with Crippen LogP contribution < -0.4 is 0 Å². The average molecular weight is 391 g/mol. The molecule has 4 rings (SSSR count). The number of nitrogens with zero attached hydrogens (tertiary/aromatic N) is 2. The molecule has 2 aromatic rings. The van der Waals surface area contributed by atoms with E-state index in [1.165, 1.54) is 0 Å². The minimum atomic E-state index is -0.544. The Morgan fingerprint density at radius 1 is 1.31 bits per heavy atom. The summed E-state index contributed by atoms with van der Waals surface area (Å²) in [6.45, 7) is 1.34. The number of carbonyl (C=O) groups excluding carboxylic acids is 1. The topological polar surface area (TPSA) is 53.4 Å². The largest absolute Gasteiger partial charge is 0.389 e. The predicted octanol–water partition coefficient (Wildman–Crippen LogP) is 4.16. The van der Waals surface area contributed by atoms with Gasteiger partial charge in [0.25, 0.3) is 0 Å². The molecule has 2 aliphatic rings. The number of rotatable bonds is 3. The van der Waals surface area contributed by atoms with Crippen LogP contribution in [0.5, 0.6) is 0 Å². The number of aromatic nitrogens is 1. The van der Waals surface area contributed by atoms with Gasteiger partial charge in [-0.2, -0.15) is 0 Å². The van der Waals surface area contributed by atoms with Gasteiger partial charge in [0, 0.05) is 35.0 Å². The summed E-state index contributed by atoms with van der Waals surface area (Å²) < 4.78 is 0. The maximum Gasteiger partial charge on any atom is 0.228 e. The number of amides is 1. The van der Waals surface area contributed by atoms with Crippen LogP contribution in [0, 0.1) is 5.92 Å². The Bertz CT molecular complexity index is 791. The lowest BCUT2D eigenvalue weighted by molar-refractivity contribution is -0.142. The average Bonchev–Trinajstić information content (AvgIpc) is 3.10. The molecular formula is C20H23ClN2O2S. The van der Waals surface area contributed by atoms with Crippen LogP contribution in [0.15, 0.2) is 29.6 Å². The highest BCUT2D eigenvalue weighted by Crippen LogP contribution is 2.39. The number of thiazole rings is 1. The molecule has 0 spiro atoms. The molecule has 1 aromatic carbocycles. The summed E-state index contributed by atoms with van der Waals surface area (Å²) in [6.07, 6.45) is 5.21. The van der Waals surface area contributed by atoms with Crippen molar-refractivity contribution < 1.29 is 9.90 Å². The Labute approximate surface area is 162 Å². The molecular weight excluding hydrogens is 368 g/mol. The van der Waals surface area contributed by atoms with Crippen molar-refractivity contribution in [3.8, 4) is 10.6 Å². The van der Waals surface area contributed by atoms with E-state index in [1.54, 1.807) is 11.3 Å². The summed E-state index contributed by atoms with van der Waals surface area (Å²) in [5, 5.41) is 14.3. The molecule has 6 heteroatoms. The van der Waals surface area contributed by atoms with Crippen LogP contribution in [-0.4, -0.2) is 39.6 Å². The second-order valence-corrected chi connectivity index (χ2v) is 8.76. The Hall–Kier alpha value is -1.43. The van der Waals surface area contributed by atoms with Crippen LogP contribution in [-0.2, 0) is 11.2 Å². The smallest absolute Gasteiger partial charge is 0.228 e. The number of benzene rings is 1. The van der Waals surface area contributed by atoms with Crippen LogP contribution >= 0.6 is 22.9 Å². The van der Waals surface area contributed by atoms with E-state index in [4.69, 9.17) is 11.6 Å². The van der Waals surface area contributed by atoms with Crippen LogP contribution in [0.1, 0.15) is 37.8 Å². The van der Waals surface area contributed by atoms with Gasteiger partial charge in [-0.05, 0) is 31.4 Å². The lowest BCUT2D eigenvalue weighted by Gasteiger charge is -2.47. The molecule has 4 nitrogen and oxygen atoms in total. The maximum atomic E-state index is 12.7. The number of hydrogen-bond acceptors (Lipinski definition) is 4. The SMILES string of the molecule is O=C(Cc1csc(-c2ccc(Cl)cc2)n1)N1CCC2(O)CCCCC2C1. The second-order valence-electron chi connectivity index (χ2n) is 7.46. The standard InChI is InChI=1S/C20H23ClN2O2S/c21-16-6-4-14(5-7-16)19-22-17(13-26-19)11-18(24)23-10-9-20(25)8-2-1-3-15(20)12-23/h4-7,13,15,25H,1-3,8-12H2. The molecule has 1 N–H and O–H groups in total. The van der Waals surface area contributed by atoms with Gasteiger partial charge in [0.2, 0.25) is 5.91 Å². The fourth-order valence-corrected chi connectivity index (χ4v) is 5.13. The monoisotopic (exact) mass is 390 g/mol. The summed E-state index contributed by atoms with van der Waals surface area (Å²) in [7, 11) is 0. The molecule has 26 heavy (non-hydrogen) atoms. The van der Waals surface area contributed by atoms with E-state index in [2.05, 4.69) is 4.98 Å². The van der Waals surface area contributed by atoms with Gasteiger partial charge in [-0.1, -0.05) is 36.6 Å². The first-order chi connectivity index (χ1) is 12.5. The summed E-state index contributed by atoms with van der Waals surface area (Å²) in [5.41, 5.74) is 1.29. The maximum absolute atomic E-state index is 12.7. The van der Waals surface area contributed by atoms with E-state index in [0.29, 0.717) is 31.0 Å². The number of carbonyl (C=O) groups is 1. The zero-order chi connectivity index (χ0) is 18.1. The number of fused-ring (bicyclic) bond motifs is 1. The van der Waals surface area contributed by atoms with E-state index in [-0.39, 0.29) is 11.8 Å². The first-order valence-electron chi connectivity index (χ1n) is 9.24. The molecule has 2 atom stereocenters. The second kappa shape index (κ2) is 7.29. The summed E-state index contributed by atoms with van der Waals surface area (Å²) in [6, 6.07) is 7.59. The van der Waals surface area contributed by atoms with Crippen molar-refractivity contribution in [2.75, 3.05) is 13.1 Å². The number of piperidine rings is 1. The number of hydrogen-bond donors (Lipinski definition) is 1. The van der Waals surface area contributed by atoms with Gasteiger partial charge < -0.3 is 10.0 Å². The molecule has 1 aliphatic carbocycles. The molecule has 1 aliphatic heterocycles. The number of likely N-dealkylation sites (tertiary alicyclic amines) is 1. The molecule has 1 saturated heterocycles. The fourth-order valence-electron chi connectivity index (χ4n) is 4.18. The zero-order valence-electron chi connectivity index (χ0n) is 14.7. The highest BCUT2D eigenvalue weighted by molar-refractivity contribution is 7.13. The normalized spacial score (nSPS) is 25.8. The van der Waals surface area contributed by atoms with Crippen LogP contribution in [0.4, 0.5) is 0 Å². The third-order valence-electron chi connectivity index (χ3n) is 5.76. The Balaban J connectivity index is 1.40. The molecule has 0 bridgehead atoms. The van der Waals surface area contributed by atoms with E-state index >= 15 is 0 Å². The van der Waals surface area contributed by atoms with Crippen LogP contribution in [0.2, 0.25) is 5.02 Å². The van der Waals surface area contributed by atoms with E-state index in [1.807, 2.05) is 34.5 Å². The first kappa shape index (κ1) is 18.0. The predicted molar refractivity (Wildman–Crippen MR) is 104 cm³/mol. The molecule has 0 radical (unpaired) electrons. The molecule has 1 saturated carbocycles. The van der Waals surface area contributed by atoms with Crippen molar-refractivity contribution in [3.05, 3.63) is 40.4 Å². The van der Waals surface area contributed by atoms with E-state index in [0.717, 1.165) is 41.9 Å². The van der Waals surface area contributed by atoms with Crippen molar-refractivity contribution in [1.82, 2.24) is 9.88 Å². The van der Waals surface area contributed by atoms with E-state index in [9.17, 15) is 9.90 Å². The lowest BCUT2D eigenvalue weighted by atomic mass is 9.71. The molecule has 2 fully saturated rings. The van der Waals surface area contributed by atoms with Gasteiger partial charge >= 0.3 is 0 Å². The molecule has 1 amide bonds. The zero-order valence-corrected chi connectivity index (χ0v) is 16.2. The molecule has 1 aromatic heterocycles. The van der Waals surface area contributed by atoms with Gasteiger partial charge in [-0.3, -0.25) is 4.79 Å². The Morgan fingerprint density at radius 3 is 2.92 bits per heavy atom. The van der Waals surface area contributed by atoms with Crippen molar-refractivity contribution in [2.45, 2.75) is 44.1 Å². The lowest BCUT2D eigenvalue weighted by Crippen LogP contribution is -2.54. The fraction of sp³-hybridized carbons (Fsp3) is 0.500. The molecule has 2 heterocycles. The van der Waals surface area contributed by atoms with Gasteiger partial charge in [0.1, 0.15) is 5.01 Å². The Morgan fingerprint density at radius 2 is 2.12 bits per heavy atom. The Kier molecular flexibility index (Phi) is 5.04. The molecule has 2 unspecified atom stereocenters. The minimum Gasteiger partial charge on any atom is -0.389 e. The highest BCUT2D eigenvalue weighted by atomic mass is 35.5. The van der Waals surface area contributed by atoms with Gasteiger partial charge in [-0.15, -0.1) is 11.3 Å². The minimum absolute atomic E-state index is 0.116. The van der Waals surface area contributed by atoms with Gasteiger partial charge in [0.15, 0.2) is 0 Å². The number of halogens is 1. The third kappa shape index (κ3) is 3.66. The third-order valence-corrected chi connectivity index (χ3v) is 6.95. The van der Waals surface area contributed by atoms with Crippen LogP contribution in [0.25, 0.3) is 10.6 Å².